The molecular weight excluding hydrogens is 358 g/mol. The van der Waals surface area contributed by atoms with Crippen LogP contribution in [0, 0.1) is 0 Å². The van der Waals surface area contributed by atoms with Crippen LogP contribution in [0.2, 0.25) is 0 Å². The van der Waals surface area contributed by atoms with E-state index in [0.717, 1.165) is 16.4 Å². The molecule has 0 aliphatic rings. The lowest BCUT2D eigenvalue weighted by Gasteiger charge is -2.07. The molecule has 0 spiro atoms. The molecule has 3 aromatic heterocycles. The molecule has 0 aliphatic heterocycles. The quantitative estimate of drug-likeness (QED) is 0.452. The Morgan fingerprint density at radius 2 is 2.12 bits per heavy atom. The van der Waals surface area contributed by atoms with Crippen molar-refractivity contribution in [2.75, 3.05) is 18.1 Å². The molecule has 3 aromatic rings. The summed E-state index contributed by atoms with van der Waals surface area (Å²) in [7, 11) is -1.28. The van der Waals surface area contributed by atoms with Crippen LogP contribution in [-0.4, -0.2) is 45.6 Å². The molecule has 0 fully saturated rings. The third kappa shape index (κ3) is 5.07. The molecule has 3 rings (SSSR count). The lowest BCUT2D eigenvalue weighted by molar-refractivity contribution is 0.579. The first-order valence-corrected chi connectivity index (χ1v) is 10.7. The molecule has 0 bridgehead atoms. The Hall–Kier alpha value is -1.84. The molecule has 0 amide bonds. The normalized spacial score (nSPS) is 12.0. The smallest absolute Gasteiger partial charge is 0.211 e. The highest BCUT2D eigenvalue weighted by molar-refractivity contribution is 7.99. The highest BCUT2D eigenvalue weighted by Crippen LogP contribution is 2.16. The van der Waals surface area contributed by atoms with E-state index < -0.39 is 10.0 Å². The molecule has 0 saturated heterocycles. The number of nitrogens with one attached hydrogen (secondary N) is 1. The van der Waals surface area contributed by atoms with E-state index in [0.29, 0.717) is 25.1 Å². The van der Waals surface area contributed by atoms with E-state index in [1.54, 1.807) is 28.7 Å². The fourth-order valence-corrected chi connectivity index (χ4v) is 4.54. The number of sulfonamides is 1. The molecule has 0 saturated carbocycles. The summed E-state index contributed by atoms with van der Waals surface area (Å²) in [5, 5.41) is 5.27. The van der Waals surface area contributed by atoms with E-state index in [4.69, 9.17) is 0 Å². The SMILES string of the molecule is Cn1cccc1CCNS(=O)(=O)CCCSc1ccc2nccn2n1. The molecule has 25 heavy (non-hydrogen) atoms. The summed E-state index contributed by atoms with van der Waals surface area (Å²) in [6, 6.07) is 7.75. The number of aromatic nitrogens is 4. The van der Waals surface area contributed by atoms with Gasteiger partial charge in [-0.3, -0.25) is 0 Å². The summed E-state index contributed by atoms with van der Waals surface area (Å²) < 4.78 is 30.5. The van der Waals surface area contributed by atoms with Gasteiger partial charge in [-0.2, -0.15) is 5.10 Å². The van der Waals surface area contributed by atoms with Crippen LogP contribution >= 0.6 is 11.8 Å². The van der Waals surface area contributed by atoms with Crippen molar-refractivity contribution in [3.63, 3.8) is 0 Å². The maximum atomic E-state index is 12.0. The van der Waals surface area contributed by atoms with Gasteiger partial charge in [0.25, 0.3) is 0 Å². The van der Waals surface area contributed by atoms with Crippen molar-refractivity contribution in [1.29, 1.82) is 0 Å². The average Bonchev–Trinajstić information content (AvgIpc) is 3.20. The molecule has 3 heterocycles. The van der Waals surface area contributed by atoms with Gasteiger partial charge in [0.1, 0.15) is 5.03 Å². The molecule has 1 N–H and O–H groups in total. The zero-order valence-electron chi connectivity index (χ0n) is 14.0. The van der Waals surface area contributed by atoms with Gasteiger partial charge in [-0.25, -0.2) is 22.6 Å². The standard InChI is InChI=1S/C16H21N5O2S2/c1-20-10-2-4-14(20)7-8-18-25(22,23)13-3-12-24-16-6-5-15-17-9-11-21(15)19-16/h2,4-6,9-11,18H,3,7-8,12-13H2,1H3. The number of fused-ring (bicyclic) bond motifs is 1. The summed E-state index contributed by atoms with van der Waals surface area (Å²) in [5.74, 6) is 0.826. The number of nitrogens with zero attached hydrogens (tertiary/aromatic N) is 4. The Kier molecular flexibility index (Phi) is 5.77. The predicted molar refractivity (Wildman–Crippen MR) is 99.2 cm³/mol. The second-order valence-electron chi connectivity index (χ2n) is 5.68. The van der Waals surface area contributed by atoms with E-state index in [2.05, 4.69) is 14.8 Å². The third-order valence-corrected chi connectivity index (χ3v) is 6.27. The van der Waals surface area contributed by atoms with Crippen LogP contribution in [0.5, 0.6) is 0 Å². The van der Waals surface area contributed by atoms with Crippen molar-refractivity contribution in [3.8, 4) is 0 Å². The molecule has 0 atom stereocenters. The van der Waals surface area contributed by atoms with Gasteiger partial charge in [-0.05, 0) is 30.7 Å². The Morgan fingerprint density at radius 3 is 2.92 bits per heavy atom. The molecule has 0 aliphatic carbocycles. The second kappa shape index (κ2) is 8.03. The Balaban J connectivity index is 1.39. The monoisotopic (exact) mass is 379 g/mol. The minimum absolute atomic E-state index is 0.125. The Bertz CT molecular complexity index is 933. The number of aryl methyl sites for hydroxylation is 1. The topological polar surface area (TPSA) is 81.3 Å². The van der Waals surface area contributed by atoms with Crippen molar-refractivity contribution in [2.45, 2.75) is 17.9 Å². The maximum absolute atomic E-state index is 12.0. The van der Waals surface area contributed by atoms with Gasteiger partial charge in [0, 0.05) is 50.1 Å². The molecular formula is C16H21N5O2S2. The first kappa shape index (κ1) is 18.0. The van der Waals surface area contributed by atoms with Crippen LogP contribution in [0.1, 0.15) is 12.1 Å². The van der Waals surface area contributed by atoms with E-state index in [-0.39, 0.29) is 5.75 Å². The highest BCUT2D eigenvalue weighted by Gasteiger charge is 2.10. The zero-order chi connectivity index (χ0) is 17.7. The van der Waals surface area contributed by atoms with Crippen LogP contribution in [0.4, 0.5) is 0 Å². The van der Waals surface area contributed by atoms with E-state index >= 15 is 0 Å². The molecule has 0 unspecified atom stereocenters. The van der Waals surface area contributed by atoms with Crippen molar-refractivity contribution < 1.29 is 8.42 Å². The molecule has 0 aromatic carbocycles. The van der Waals surface area contributed by atoms with Gasteiger partial charge in [-0.1, -0.05) is 0 Å². The summed E-state index contributed by atoms with van der Waals surface area (Å²) in [6.07, 6.45) is 6.71. The van der Waals surface area contributed by atoms with Crippen LogP contribution in [-0.2, 0) is 23.5 Å². The third-order valence-electron chi connectivity index (χ3n) is 3.79. The largest absolute Gasteiger partial charge is 0.354 e. The Morgan fingerprint density at radius 1 is 1.24 bits per heavy atom. The average molecular weight is 380 g/mol. The fourth-order valence-electron chi connectivity index (χ4n) is 2.46. The predicted octanol–water partition coefficient (Wildman–Crippen LogP) is 1.71. The van der Waals surface area contributed by atoms with Crippen molar-refractivity contribution in [1.82, 2.24) is 23.9 Å². The Labute approximate surface area is 151 Å². The molecule has 0 radical (unpaired) electrons. The summed E-state index contributed by atoms with van der Waals surface area (Å²) in [5.41, 5.74) is 1.91. The lowest BCUT2D eigenvalue weighted by Crippen LogP contribution is -2.29. The van der Waals surface area contributed by atoms with Crippen LogP contribution in [0.3, 0.4) is 0 Å². The van der Waals surface area contributed by atoms with Crippen molar-refractivity contribution in [2.24, 2.45) is 7.05 Å². The van der Waals surface area contributed by atoms with Gasteiger partial charge in [-0.15, -0.1) is 11.8 Å². The molecule has 7 nitrogen and oxygen atoms in total. The van der Waals surface area contributed by atoms with Crippen LogP contribution < -0.4 is 4.72 Å². The van der Waals surface area contributed by atoms with Crippen molar-refractivity contribution in [3.05, 3.63) is 48.5 Å². The first-order valence-electron chi connectivity index (χ1n) is 8.04. The maximum Gasteiger partial charge on any atom is 0.211 e. The van der Waals surface area contributed by atoms with Gasteiger partial charge >= 0.3 is 0 Å². The number of hydrogen-bond acceptors (Lipinski definition) is 5. The van der Waals surface area contributed by atoms with Crippen molar-refractivity contribution >= 4 is 27.4 Å². The summed E-state index contributed by atoms with van der Waals surface area (Å²) in [4.78, 5) is 4.14. The van der Waals surface area contributed by atoms with Gasteiger partial charge < -0.3 is 4.57 Å². The van der Waals surface area contributed by atoms with Gasteiger partial charge in [0.2, 0.25) is 10.0 Å². The number of imidazole rings is 1. The highest BCUT2D eigenvalue weighted by atomic mass is 32.2. The van der Waals surface area contributed by atoms with Crippen LogP contribution in [0.15, 0.2) is 47.9 Å². The van der Waals surface area contributed by atoms with E-state index in [9.17, 15) is 8.42 Å². The lowest BCUT2D eigenvalue weighted by atomic mass is 10.3. The van der Waals surface area contributed by atoms with Gasteiger partial charge in [0.15, 0.2) is 5.65 Å². The number of hydrogen-bond donors (Lipinski definition) is 1. The minimum Gasteiger partial charge on any atom is -0.354 e. The number of thioether (sulfide) groups is 1. The fraction of sp³-hybridized carbons (Fsp3) is 0.375. The molecule has 9 heteroatoms. The van der Waals surface area contributed by atoms with Crippen LogP contribution in [0.25, 0.3) is 5.65 Å². The minimum atomic E-state index is -3.24. The first-order chi connectivity index (χ1) is 12.0. The zero-order valence-corrected chi connectivity index (χ0v) is 15.6. The van der Waals surface area contributed by atoms with Gasteiger partial charge in [0.05, 0.1) is 5.75 Å². The summed E-state index contributed by atoms with van der Waals surface area (Å²) in [6.45, 7) is 0.423. The molecule has 134 valence electrons. The number of rotatable bonds is 9. The van der Waals surface area contributed by atoms with E-state index in [1.165, 1.54) is 0 Å². The summed E-state index contributed by atoms with van der Waals surface area (Å²) >= 11 is 1.55. The second-order valence-corrected chi connectivity index (χ2v) is 8.72. The van der Waals surface area contributed by atoms with E-state index in [1.807, 2.05) is 42.1 Å².